The summed E-state index contributed by atoms with van der Waals surface area (Å²) in [5, 5.41) is 0. The standard InChI is InChI=1S/C24H37F2N3O2/c1-16-13-23(10-11-23)28(15-16)22(31)20-7-6-18-12-17(4-3-5-21(30)29(18)20)27(2)19-8-9-24(25,26)14-19/h16-20H,3-15H2,1-2H3/t16-,17+,18-,19+,20+/m1/s1. The molecule has 5 atom stereocenters. The number of hydrogen-bond donors (Lipinski definition) is 0. The molecule has 31 heavy (non-hydrogen) atoms. The van der Waals surface area contributed by atoms with Gasteiger partial charge in [-0.3, -0.25) is 9.59 Å². The SMILES string of the molecule is C[C@H]1CN(C(=O)[C@@H]2CC[C@@H]3C[C@@H](N(C)[C@H]4CCC(F)(F)C4)CCCC(=O)N32)C2(CC2)C1. The number of fused-ring (bicyclic) bond motifs is 1. The van der Waals surface area contributed by atoms with Gasteiger partial charge in [0.15, 0.2) is 0 Å². The Morgan fingerprint density at radius 1 is 1.06 bits per heavy atom. The molecule has 2 amide bonds. The fourth-order valence-corrected chi connectivity index (χ4v) is 7.18. The van der Waals surface area contributed by atoms with Gasteiger partial charge in [-0.15, -0.1) is 0 Å². The van der Waals surface area contributed by atoms with Crippen molar-refractivity contribution in [1.29, 1.82) is 0 Å². The van der Waals surface area contributed by atoms with Crippen molar-refractivity contribution < 1.29 is 18.4 Å². The average Bonchev–Trinajstić information content (AvgIpc) is 3.04. The second-order valence-electron chi connectivity index (χ2n) is 11.2. The Morgan fingerprint density at radius 2 is 1.84 bits per heavy atom. The first-order valence-corrected chi connectivity index (χ1v) is 12.4. The maximum Gasteiger partial charge on any atom is 0.249 e. The summed E-state index contributed by atoms with van der Waals surface area (Å²) in [5.74, 6) is -1.72. The van der Waals surface area contributed by atoms with Crippen LogP contribution in [0.15, 0.2) is 0 Å². The molecule has 5 fully saturated rings. The van der Waals surface area contributed by atoms with Crippen LogP contribution in [0.4, 0.5) is 8.78 Å². The zero-order valence-corrected chi connectivity index (χ0v) is 19.0. The van der Waals surface area contributed by atoms with E-state index in [0.717, 1.165) is 57.9 Å². The van der Waals surface area contributed by atoms with Crippen molar-refractivity contribution in [2.75, 3.05) is 13.6 Å². The van der Waals surface area contributed by atoms with Gasteiger partial charge in [0.25, 0.3) is 0 Å². The average molecular weight is 438 g/mol. The van der Waals surface area contributed by atoms with E-state index in [1.165, 1.54) is 0 Å². The Bertz CT molecular complexity index is 740. The highest BCUT2D eigenvalue weighted by molar-refractivity contribution is 5.89. The molecule has 0 N–H and O–H groups in total. The molecule has 0 unspecified atom stereocenters. The van der Waals surface area contributed by atoms with E-state index in [1.54, 1.807) is 0 Å². The smallest absolute Gasteiger partial charge is 0.249 e. The van der Waals surface area contributed by atoms with Crippen LogP contribution < -0.4 is 0 Å². The van der Waals surface area contributed by atoms with E-state index in [4.69, 9.17) is 0 Å². The van der Waals surface area contributed by atoms with E-state index >= 15 is 0 Å². The predicted octanol–water partition coefficient (Wildman–Crippen LogP) is 3.81. The van der Waals surface area contributed by atoms with Gasteiger partial charge in [0, 0.05) is 49.5 Å². The Balaban J connectivity index is 1.30. The van der Waals surface area contributed by atoms with Crippen LogP contribution in [-0.4, -0.2) is 75.7 Å². The number of carbonyl (C=O) groups is 2. The van der Waals surface area contributed by atoms with Crippen molar-refractivity contribution in [3.8, 4) is 0 Å². The van der Waals surface area contributed by atoms with Crippen LogP contribution in [0.25, 0.3) is 0 Å². The third-order valence-electron chi connectivity index (χ3n) is 8.97. The van der Waals surface area contributed by atoms with Gasteiger partial charge >= 0.3 is 0 Å². The first-order chi connectivity index (χ1) is 14.7. The number of alkyl halides is 2. The van der Waals surface area contributed by atoms with Gasteiger partial charge < -0.3 is 14.7 Å². The Morgan fingerprint density at radius 3 is 2.52 bits per heavy atom. The number of likely N-dealkylation sites (tertiary alicyclic amines) is 1. The Kier molecular flexibility index (Phi) is 5.34. The molecule has 1 spiro atoms. The normalized spacial score (nSPS) is 39.1. The molecular weight excluding hydrogens is 400 g/mol. The molecule has 3 heterocycles. The summed E-state index contributed by atoms with van der Waals surface area (Å²) in [4.78, 5) is 32.9. The highest BCUT2D eigenvalue weighted by Gasteiger charge is 2.57. The van der Waals surface area contributed by atoms with Crippen LogP contribution in [0, 0.1) is 5.92 Å². The molecule has 3 saturated heterocycles. The van der Waals surface area contributed by atoms with E-state index in [0.29, 0.717) is 18.8 Å². The van der Waals surface area contributed by atoms with E-state index in [1.807, 2.05) is 11.9 Å². The monoisotopic (exact) mass is 437 g/mol. The largest absolute Gasteiger partial charge is 0.335 e. The number of nitrogens with zero attached hydrogens (tertiary/aromatic N) is 3. The molecule has 5 nitrogen and oxygen atoms in total. The topological polar surface area (TPSA) is 43.9 Å². The molecule has 5 rings (SSSR count). The van der Waals surface area contributed by atoms with E-state index in [-0.39, 0.29) is 54.4 Å². The lowest BCUT2D eigenvalue weighted by molar-refractivity contribution is -0.147. The maximum absolute atomic E-state index is 13.8. The predicted molar refractivity (Wildman–Crippen MR) is 114 cm³/mol. The number of carbonyl (C=O) groups excluding carboxylic acids is 2. The second kappa shape index (κ2) is 7.67. The molecule has 7 heteroatoms. The molecular formula is C24H37F2N3O2. The molecule has 0 aromatic rings. The van der Waals surface area contributed by atoms with Crippen LogP contribution >= 0.6 is 0 Å². The van der Waals surface area contributed by atoms with Crippen molar-refractivity contribution in [3.63, 3.8) is 0 Å². The van der Waals surface area contributed by atoms with Gasteiger partial charge in [-0.2, -0.15) is 0 Å². The van der Waals surface area contributed by atoms with E-state index in [2.05, 4.69) is 16.7 Å². The zero-order chi connectivity index (χ0) is 22.0. The molecule has 0 aromatic carbocycles. The zero-order valence-electron chi connectivity index (χ0n) is 19.0. The number of amides is 2. The summed E-state index contributed by atoms with van der Waals surface area (Å²) in [6.45, 7) is 3.04. The Labute approximate surface area is 184 Å². The van der Waals surface area contributed by atoms with Crippen LogP contribution in [-0.2, 0) is 9.59 Å². The molecule has 2 saturated carbocycles. The minimum atomic E-state index is -2.54. The third-order valence-corrected chi connectivity index (χ3v) is 8.97. The molecule has 3 aliphatic heterocycles. The van der Waals surface area contributed by atoms with Crippen molar-refractivity contribution in [2.24, 2.45) is 5.92 Å². The molecule has 0 bridgehead atoms. The summed E-state index contributed by atoms with van der Waals surface area (Å²) in [7, 11) is 1.99. The summed E-state index contributed by atoms with van der Waals surface area (Å²) >= 11 is 0. The minimum absolute atomic E-state index is 0.0185. The fraction of sp³-hybridized carbons (Fsp3) is 0.917. The number of rotatable bonds is 3. The summed E-state index contributed by atoms with van der Waals surface area (Å²) in [6, 6.07) is -0.135. The third kappa shape index (κ3) is 3.89. The van der Waals surface area contributed by atoms with Gasteiger partial charge in [0.1, 0.15) is 6.04 Å². The van der Waals surface area contributed by atoms with Gasteiger partial charge in [-0.1, -0.05) is 6.92 Å². The Hall–Kier alpha value is -1.24. The van der Waals surface area contributed by atoms with Crippen LogP contribution in [0.1, 0.15) is 84.0 Å². The quantitative estimate of drug-likeness (QED) is 0.674. The molecule has 5 aliphatic rings. The fourth-order valence-electron chi connectivity index (χ4n) is 7.18. The van der Waals surface area contributed by atoms with Crippen LogP contribution in [0.3, 0.4) is 0 Å². The van der Waals surface area contributed by atoms with Gasteiger partial charge in [-0.05, 0) is 70.8 Å². The van der Waals surface area contributed by atoms with Gasteiger partial charge in [0.2, 0.25) is 17.7 Å². The maximum atomic E-state index is 13.8. The summed E-state index contributed by atoms with van der Waals surface area (Å²) in [5.41, 5.74) is 0.0802. The van der Waals surface area contributed by atoms with Crippen LogP contribution in [0.2, 0.25) is 0 Å². The highest BCUT2D eigenvalue weighted by Crippen LogP contribution is 2.52. The highest BCUT2D eigenvalue weighted by atomic mass is 19.3. The van der Waals surface area contributed by atoms with Crippen molar-refractivity contribution >= 4 is 11.8 Å². The summed E-state index contributed by atoms with van der Waals surface area (Å²) in [6.07, 6.45) is 8.29. The van der Waals surface area contributed by atoms with E-state index in [9.17, 15) is 18.4 Å². The first kappa shape index (κ1) is 21.6. The summed E-state index contributed by atoms with van der Waals surface area (Å²) < 4.78 is 27.6. The van der Waals surface area contributed by atoms with Crippen molar-refractivity contribution in [3.05, 3.63) is 0 Å². The molecule has 0 radical (unpaired) electrons. The van der Waals surface area contributed by atoms with Crippen LogP contribution in [0.5, 0.6) is 0 Å². The molecule has 174 valence electrons. The van der Waals surface area contributed by atoms with Gasteiger partial charge in [-0.25, -0.2) is 8.78 Å². The van der Waals surface area contributed by atoms with E-state index < -0.39 is 5.92 Å². The van der Waals surface area contributed by atoms with Crippen molar-refractivity contribution in [1.82, 2.24) is 14.7 Å². The molecule has 2 aliphatic carbocycles. The number of halogens is 2. The number of hydrogen-bond acceptors (Lipinski definition) is 3. The molecule has 0 aromatic heterocycles. The lowest BCUT2D eigenvalue weighted by atomic mass is 9.94. The minimum Gasteiger partial charge on any atom is -0.335 e. The lowest BCUT2D eigenvalue weighted by Crippen LogP contribution is -2.54. The van der Waals surface area contributed by atoms with Gasteiger partial charge in [0.05, 0.1) is 0 Å². The second-order valence-corrected chi connectivity index (χ2v) is 11.2. The first-order valence-electron chi connectivity index (χ1n) is 12.4. The lowest BCUT2D eigenvalue weighted by Gasteiger charge is -2.40. The van der Waals surface area contributed by atoms with Crippen molar-refractivity contribution in [2.45, 2.75) is 120 Å².